The van der Waals surface area contributed by atoms with E-state index >= 15 is 0 Å². The Morgan fingerprint density at radius 1 is 0.306 bits per heavy atom. The fourth-order valence-electron chi connectivity index (χ4n) is 8.96. The summed E-state index contributed by atoms with van der Waals surface area (Å²) >= 11 is 1.81. The van der Waals surface area contributed by atoms with E-state index in [4.69, 9.17) is 15.0 Å². The highest BCUT2D eigenvalue weighted by atomic mass is 32.1. The van der Waals surface area contributed by atoms with Crippen molar-refractivity contribution in [1.82, 2.24) is 19.5 Å². The highest BCUT2D eigenvalue weighted by Gasteiger charge is 2.19. The maximum absolute atomic E-state index is 5.19. The number of nitrogens with zero attached hydrogens (tertiary/aromatic N) is 4. The number of para-hydroxylation sites is 3. The van der Waals surface area contributed by atoms with Gasteiger partial charge in [-0.3, -0.25) is 0 Å². The predicted octanol–water partition coefficient (Wildman–Crippen LogP) is 15.3. The highest BCUT2D eigenvalue weighted by Crippen LogP contribution is 2.44. The van der Waals surface area contributed by atoms with Crippen molar-refractivity contribution < 1.29 is 0 Å². The van der Waals surface area contributed by atoms with Crippen LogP contribution in [0, 0.1) is 0 Å². The third-order valence-corrected chi connectivity index (χ3v) is 13.0. The molecule has 0 amide bonds. The third-order valence-electron chi connectivity index (χ3n) is 11.9. The van der Waals surface area contributed by atoms with Crippen molar-refractivity contribution >= 4 is 53.3 Å². The second kappa shape index (κ2) is 14.9. The van der Waals surface area contributed by atoms with Crippen LogP contribution in [0.5, 0.6) is 0 Å². The summed E-state index contributed by atoms with van der Waals surface area (Å²) in [5, 5.41) is 4.97. The van der Waals surface area contributed by atoms with Gasteiger partial charge in [-0.25, -0.2) is 15.0 Å². The summed E-state index contributed by atoms with van der Waals surface area (Å²) < 4.78 is 4.84. The number of benzene rings is 9. The van der Waals surface area contributed by atoms with Gasteiger partial charge in [-0.15, -0.1) is 11.3 Å². The van der Waals surface area contributed by atoms with Gasteiger partial charge in [0.15, 0.2) is 17.5 Å². The van der Waals surface area contributed by atoms with Crippen molar-refractivity contribution in [3.63, 3.8) is 0 Å². The lowest BCUT2D eigenvalue weighted by molar-refractivity contribution is 1.07. The van der Waals surface area contributed by atoms with Crippen molar-refractivity contribution in [3.05, 3.63) is 218 Å². The third kappa shape index (κ3) is 6.18. The molecular weight excluding hydrogens is 773 g/mol. The molecule has 5 heteroatoms. The van der Waals surface area contributed by atoms with Gasteiger partial charge in [0.1, 0.15) is 0 Å². The number of hydrogen-bond acceptors (Lipinski definition) is 4. The number of thiophene rings is 1. The zero-order valence-corrected chi connectivity index (χ0v) is 34.3. The second-order valence-corrected chi connectivity index (χ2v) is 16.7. The summed E-state index contributed by atoms with van der Waals surface area (Å²) in [5.74, 6) is 1.92. The molecule has 0 unspecified atom stereocenters. The smallest absolute Gasteiger partial charge is 0.164 e. The van der Waals surface area contributed by atoms with Crippen LogP contribution in [0.25, 0.3) is 115 Å². The molecule has 0 atom stereocenters. The highest BCUT2D eigenvalue weighted by molar-refractivity contribution is 7.26. The topological polar surface area (TPSA) is 43.6 Å². The van der Waals surface area contributed by atoms with Crippen LogP contribution < -0.4 is 0 Å². The Hall–Kier alpha value is -7.99. The summed E-state index contributed by atoms with van der Waals surface area (Å²) in [6.45, 7) is 0. The molecule has 0 bridgehead atoms. The summed E-state index contributed by atoms with van der Waals surface area (Å²) in [7, 11) is 0. The lowest BCUT2D eigenvalue weighted by Gasteiger charge is -2.15. The van der Waals surface area contributed by atoms with E-state index in [1.165, 1.54) is 64.2 Å². The Morgan fingerprint density at radius 3 is 1.48 bits per heavy atom. The van der Waals surface area contributed by atoms with E-state index in [0.29, 0.717) is 17.5 Å². The molecule has 0 aliphatic heterocycles. The molecule has 9 aromatic carbocycles. The largest absolute Gasteiger partial charge is 0.309 e. The first kappa shape index (κ1) is 35.9. The average Bonchev–Trinajstić information content (AvgIpc) is 3.90. The summed E-state index contributed by atoms with van der Waals surface area (Å²) in [6, 6.07) is 77.5. The Labute approximate surface area is 362 Å². The van der Waals surface area contributed by atoms with E-state index in [2.05, 4.69) is 205 Å². The van der Waals surface area contributed by atoms with E-state index < -0.39 is 0 Å². The first-order chi connectivity index (χ1) is 30.7. The Morgan fingerprint density at radius 2 is 0.790 bits per heavy atom. The molecule has 0 fully saturated rings. The van der Waals surface area contributed by atoms with E-state index in [1.54, 1.807) is 0 Å². The van der Waals surface area contributed by atoms with Crippen LogP contribution in [0.4, 0.5) is 0 Å². The number of fused-ring (bicyclic) bond motifs is 6. The Kier molecular flexibility index (Phi) is 8.65. The van der Waals surface area contributed by atoms with Crippen LogP contribution in [0.2, 0.25) is 0 Å². The number of aromatic nitrogens is 4. The molecule has 12 aromatic rings. The molecule has 3 heterocycles. The van der Waals surface area contributed by atoms with Crippen molar-refractivity contribution in [3.8, 4) is 73.2 Å². The molecule has 62 heavy (non-hydrogen) atoms. The molecule has 0 saturated carbocycles. The Bertz CT molecular complexity index is 3590. The van der Waals surface area contributed by atoms with Crippen LogP contribution in [-0.4, -0.2) is 19.5 Å². The maximum atomic E-state index is 5.19. The molecule has 0 saturated heterocycles. The minimum Gasteiger partial charge on any atom is -0.309 e. The normalized spacial score (nSPS) is 11.5. The molecular formula is C57H36N4S. The molecule has 4 nitrogen and oxygen atoms in total. The second-order valence-electron chi connectivity index (χ2n) is 15.6. The summed E-state index contributed by atoms with van der Waals surface area (Å²) in [5.41, 5.74) is 13.4. The van der Waals surface area contributed by atoms with Crippen molar-refractivity contribution in [1.29, 1.82) is 0 Å². The van der Waals surface area contributed by atoms with Crippen molar-refractivity contribution in [2.75, 3.05) is 0 Å². The summed E-state index contributed by atoms with van der Waals surface area (Å²) in [4.78, 5) is 15.4. The van der Waals surface area contributed by atoms with E-state index in [9.17, 15) is 0 Å². The molecule has 0 aliphatic rings. The van der Waals surface area contributed by atoms with Crippen molar-refractivity contribution in [2.24, 2.45) is 0 Å². The van der Waals surface area contributed by atoms with Gasteiger partial charge in [0.2, 0.25) is 0 Å². The summed E-state index contributed by atoms with van der Waals surface area (Å²) in [6.07, 6.45) is 0. The molecule has 0 N–H and O–H groups in total. The maximum Gasteiger partial charge on any atom is 0.164 e. The molecule has 12 rings (SSSR count). The SMILES string of the molecule is c1ccc(-c2cccc(-c3cccc(-c4nc(-c5ccccc5)nc(-c5ccc6c(c5)sc5cccc(-c7ccccc7-n7c8ccccc8c8ccccc87)c56)n4)c3)c2)cc1. The predicted molar refractivity (Wildman–Crippen MR) is 260 cm³/mol. The zero-order valence-electron chi connectivity index (χ0n) is 33.5. The van der Waals surface area contributed by atoms with Crippen LogP contribution in [0.1, 0.15) is 0 Å². The molecule has 3 aromatic heterocycles. The fourth-order valence-corrected chi connectivity index (χ4v) is 10.1. The fraction of sp³-hybridized carbons (Fsp3) is 0. The van der Waals surface area contributed by atoms with Crippen LogP contribution >= 0.6 is 11.3 Å². The van der Waals surface area contributed by atoms with Crippen LogP contribution in [-0.2, 0) is 0 Å². The van der Waals surface area contributed by atoms with Gasteiger partial charge in [-0.2, -0.15) is 0 Å². The number of hydrogen-bond donors (Lipinski definition) is 0. The standard InChI is InChI=1S/C57H36N4S/c1-3-16-37(17-4-1)39-20-13-21-40(34-39)41-22-14-23-42(35-41)56-58-55(38-18-5-2-6-19-38)59-57(60-56)43-32-33-48-53(36-43)62-52-31-15-27-47(54(48)52)46-26-9-12-30-51(46)61-49-28-10-7-24-44(49)45-25-8-11-29-50(45)61/h1-36H. The first-order valence-electron chi connectivity index (χ1n) is 20.8. The average molecular weight is 809 g/mol. The molecule has 0 spiro atoms. The van der Waals surface area contributed by atoms with Crippen molar-refractivity contribution in [2.45, 2.75) is 0 Å². The quantitative estimate of drug-likeness (QED) is 0.161. The first-order valence-corrected chi connectivity index (χ1v) is 21.7. The van der Waals surface area contributed by atoms with E-state index in [-0.39, 0.29) is 0 Å². The van der Waals surface area contributed by atoms with Gasteiger partial charge in [0.05, 0.1) is 16.7 Å². The zero-order chi connectivity index (χ0) is 41.0. The van der Waals surface area contributed by atoms with Gasteiger partial charge in [0, 0.05) is 53.2 Å². The Balaban J connectivity index is 0.980. The molecule has 0 aliphatic carbocycles. The van der Waals surface area contributed by atoms with Gasteiger partial charge in [-0.1, -0.05) is 176 Å². The monoisotopic (exact) mass is 808 g/mol. The number of rotatable bonds is 7. The van der Waals surface area contributed by atoms with Gasteiger partial charge in [-0.05, 0) is 70.3 Å². The van der Waals surface area contributed by atoms with Gasteiger partial charge >= 0.3 is 0 Å². The lowest BCUT2D eigenvalue weighted by Crippen LogP contribution is -2.00. The molecule has 0 radical (unpaired) electrons. The minimum absolute atomic E-state index is 0.635. The molecule has 290 valence electrons. The minimum atomic E-state index is 0.635. The van der Waals surface area contributed by atoms with E-state index in [1.807, 2.05) is 29.5 Å². The van der Waals surface area contributed by atoms with Gasteiger partial charge in [0.25, 0.3) is 0 Å². The van der Waals surface area contributed by atoms with E-state index in [0.717, 1.165) is 33.5 Å². The van der Waals surface area contributed by atoms with Gasteiger partial charge < -0.3 is 4.57 Å². The lowest BCUT2D eigenvalue weighted by atomic mass is 9.97. The van der Waals surface area contributed by atoms with Crippen LogP contribution in [0.15, 0.2) is 218 Å². The van der Waals surface area contributed by atoms with Crippen LogP contribution in [0.3, 0.4) is 0 Å².